The summed E-state index contributed by atoms with van der Waals surface area (Å²) in [6.07, 6.45) is 3.33. The van der Waals surface area contributed by atoms with Crippen LogP contribution in [-0.2, 0) is 0 Å². The van der Waals surface area contributed by atoms with Crippen molar-refractivity contribution in [1.82, 2.24) is 29.4 Å². The number of benzene rings is 2. The molecule has 3 heterocycles. The summed E-state index contributed by atoms with van der Waals surface area (Å²) in [6, 6.07) is 13.0. The van der Waals surface area contributed by atoms with E-state index in [2.05, 4.69) is 15.2 Å². The molecule has 144 valence electrons. The maximum Gasteiger partial charge on any atom is 0.182 e. The number of hydrogen-bond donors (Lipinski definition) is 0. The van der Waals surface area contributed by atoms with Gasteiger partial charge < -0.3 is 9.47 Å². The van der Waals surface area contributed by atoms with Crippen LogP contribution in [0.2, 0.25) is 5.02 Å². The van der Waals surface area contributed by atoms with Crippen LogP contribution in [0.5, 0.6) is 11.5 Å². The van der Waals surface area contributed by atoms with Crippen LogP contribution in [0.15, 0.2) is 55.0 Å². The number of para-hydroxylation sites is 1. The van der Waals surface area contributed by atoms with Crippen molar-refractivity contribution in [1.29, 1.82) is 0 Å². The SMILES string of the molecule is COc1ccc(-c2nc3c4cnn(-c5ccccc5Cl)c4ncn3n2)cc1OC. The van der Waals surface area contributed by atoms with Gasteiger partial charge in [-0.3, -0.25) is 0 Å². The van der Waals surface area contributed by atoms with E-state index in [0.717, 1.165) is 16.6 Å². The molecule has 0 saturated heterocycles. The standard InChI is InChI=1S/C20H15ClN6O2/c1-28-16-8-7-12(9-17(16)29-2)18-24-20-13-10-23-27(15-6-4-3-5-14(15)21)19(13)22-11-26(20)25-18/h3-11H,1-2H3. The van der Waals surface area contributed by atoms with E-state index in [1.165, 1.54) is 0 Å². The van der Waals surface area contributed by atoms with Gasteiger partial charge in [-0.05, 0) is 30.3 Å². The molecule has 0 atom stereocenters. The van der Waals surface area contributed by atoms with E-state index < -0.39 is 0 Å². The monoisotopic (exact) mass is 406 g/mol. The molecule has 0 aliphatic carbocycles. The Bertz CT molecular complexity index is 1360. The van der Waals surface area contributed by atoms with Crippen LogP contribution in [0, 0.1) is 0 Å². The zero-order valence-electron chi connectivity index (χ0n) is 15.6. The highest BCUT2D eigenvalue weighted by molar-refractivity contribution is 6.32. The normalized spacial score (nSPS) is 11.3. The van der Waals surface area contributed by atoms with Gasteiger partial charge >= 0.3 is 0 Å². The molecular formula is C20H15ClN6O2. The third kappa shape index (κ3) is 2.76. The van der Waals surface area contributed by atoms with E-state index in [1.54, 1.807) is 35.9 Å². The average Bonchev–Trinajstić information content (AvgIpc) is 3.37. The number of fused-ring (bicyclic) bond motifs is 3. The van der Waals surface area contributed by atoms with E-state index in [-0.39, 0.29) is 0 Å². The predicted octanol–water partition coefficient (Wildman–Crippen LogP) is 3.80. The van der Waals surface area contributed by atoms with Gasteiger partial charge in [-0.1, -0.05) is 23.7 Å². The fourth-order valence-corrected chi connectivity index (χ4v) is 3.43. The Morgan fingerprint density at radius 2 is 1.79 bits per heavy atom. The van der Waals surface area contributed by atoms with Gasteiger partial charge in [0.25, 0.3) is 0 Å². The minimum Gasteiger partial charge on any atom is -0.493 e. The number of nitrogens with zero attached hydrogens (tertiary/aromatic N) is 6. The first-order valence-electron chi connectivity index (χ1n) is 8.76. The summed E-state index contributed by atoms with van der Waals surface area (Å²) in [5, 5.41) is 10.4. The van der Waals surface area contributed by atoms with Crippen LogP contribution in [-0.4, -0.2) is 43.6 Å². The van der Waals surface area contributed by atoms with Crippen LogP contribution < -0.4 is 9.47 Å². The Morgan fingerprint density at radius 1 is 0.966 bits per heavy atom. The molecule has 0 radical (unpaired) electrons. The largest absolute Gasteiger partial charge is 0.493 e. The van der Waals surface area contributed by atoms with Crippen molar-refractivity contribution in [2.24, 2.45) is 0 Å². The molecule has 29 heavy (non-hydrogen) atoms. The molecule has 0 aliphatic rings. The molecule has 8 nitrogen and oxygen atoms in total. The Labute approximate surface area is 170 Å². The smallest absolute Gasteiger partial charge is 0.182 e. The number of ether oxygens (including phenoxy) is 2. The summed E-state index contributed by atoms with van der Waals surface area (Å²) in [4.78, 5) is 9.21. The molecule has 2 aromatic carbocycles. The highest BCUT2D eigenvalue weighted by Gasteiger charge is 2.16. The molecule has 5 rings (SSSR count). The minimum absolute atomic E-state index is 0.547. The maximum absolute atomic E-state index is 6.33. The van der Waals surface area contributed by atoms with Gasteiger partial charge in [0, 0.05) is 5.56 Å². The Hall–Kier alpha value is -3.65. The molecule has 0 bridgehead atoms. The van der Waals surface area contributed by atoms with Crippen LogP contribution in [0.4, 0.5) is 0 Å². The summed E-state index contributed by atoms with van der Waals surface area (Å²) < 4.78 is 14.0. The summed E-state index contributed by atoms with van der Waals surface area (Å²) in [5.41, 5.74) is 2.86. The van der Waals surface area contributed by atoms with Gasteiger partial charge in [0.15, 0.2) is 28.6 Å². The molecule has 0 aliphatic heterocycles. The van der Waals surface area contributed by atoms with Gasteiger partial charge in [0.05, 0.1) is 36.5 Å². The van der Waals surface area contributed by atoms with Crippen LogP contribution in [0.25, 0.3) is 33.8 Å². The van der Waals surface area contributed by atoms with E-state index in [9.17, 15) is 0 Å². The molecule has 3 aromatic heterocycles. The van der Waals surface area contributed by atoms with E-state index in [0.29, 0.717) is 33.6 Å². The zero-order chi connectivity index (χ0) is 20.0. The quantitative estimate of drug-likeness (QED) is 0.451. The molecule has 0 spiro atoms. The third-order valence-corrected chi connectivity index (χ3v) is 4.95. The second kappa shape index (κ2) is 6.75. The topological polar surface area (TPSA) is 79.4 Å². The van der Waals surface area contributed by atoms with Gasteiger partial charge in [0.1, 0.15) is 6.33 Å². The number of rotatable bonds is 4. The van der Waals surface area contributed by atoms with Crippen LogP contribution in [0.3, 0.4) is 0 Å². The highest BCUT2D eigenvalue weighted by Crippen LogP contribution is 2.32. The first-order valence-corrected chi connectivity index (χ1v) is 9.14. The summed E-state index contributed by atoms with van der Waals surface area (Å²) in [5.74, 6) is 1.80. The number of aromatic nitrogens is 6. The lowest BCUT2D eigenvalue weighted by Crippen LogP contribution is -1.99. The van der Waals surface area contributed by atoms with Gasteiger partial charge in [0.2, 0.25) is 0 Å². The average molecular weight is 407 g/mol. The van der Waals surface area contributed by atoms with E-state index >= 15 is 0 Å². The van der Waals surface area contributed by atoms with Crippen molar-refractivity contribution in [2.45, 2.75) is 0 Å². The highest BCUT2D eigenvalue weighted by atomic mass is 35.5. The lowest BCUT2D eigenvalue weighted by molar-refractivity contribution is 0.355. The molecule has 0 amide bonds. The summed E-state index contributed by atoms with van der Waals surface area (Å²) in [7, 11) is 3.19. The lowest BCUT2D eigenvalue weighted by Gasteiger charge is -2.07. The Kier molecular flexibility index (Phi) is 4.06. The molecular weight excluding hydrogens is 392 g/mol. The van der Waals surface area contributed by atoms with Crippen LogP contribution >= 0.6 is 11.6 Å². The predicted molar refractivity (Wildman–Crippen MR) is 109 cm³/mol. The van der Waals surface area contributed by atoms with Crippen molar-refractivity contribution in [3.05, 3.63) is 60.0 Å². The molecule has 5 aromatic rings. The van der Waals surface area contributed by atoms with Crippen molar-refractivity contribution in [3.63, 3.8) is 0 Å². The number of methoxy groups -OCH3 is 2. The molecule has 0 saturated carbocycles. The van der Waals surface area contributed by atoms with Gasteiger partial charge in [-0.15, -0.1) is 5.10 Å². The Balaban J connectivity index is 1.67. The summed E-state index contributed by atoms with van der Waals surface area (Å²) >= 11 is 6.33. The molecule has 0 unspecified atom stereocenters. The van der Waals surface area contributed by atoms with Gasteiger partial charge in [-0.2, -0.15) is 5.10 Å². The van der Waals surface area contributed by atoms with Crippen molar-refractivity contribution in [3.8, 4) is 28.6 Å². The molecule has 0 N–H and O–H groups in total. The Morgan fingerprint density at radius 3 is 2.59 bits per heavy atom. The lowest BCUT2D eigenvalue weighted by atomic mass is 10.2. The minimum atomic E-state index is 0.547. The maximum atomic E-state index is 6.33. The molecule has 9 heteroatoms. The third-order valence-electron chi connectivity index (χ3n) is 4.63. The van der Waals surface area contributed by atoms with E-state index in [4.69, 9.17) is 26.1 Å². The first-order chi connectivity index (χ1) is 14.2. The number of halogens is 1. The second-order valence-electron chi connectivity index (χ2n) is 6.26. The van der Waals surface area contributed by atoms with Crippen molar-refractivity contribution < 1.29 is 9.47 Å². The second-order valence-corrected chi connectivity index (χ2v) is 6.67. The number of hydrogen-bond acceptors (Lipinski definition) is 6. The van der Waals surface area contributed by atoms with Crippen molar-refractivity contribution >= 4 is 28.3 Å². The molecule has 0 fully saturated rings. The van der Waals surface area contributed by atoms with Gasteiger partial charge in [-0.25, -0.2) is 19.2 Å². The zero-order valence-corrected chi connectivity index (χ0v) is 16.3. The van der Waals surface area contributed by atoms with E-state index in [1.807, 2.05) is 42.5 Å². The fourth-order valence-electron chi connectivity index (χ4n) is 3.22. The van der Waals surface area contributed by atoms with Crippen molar-refractivity contribution in [2.75, 3.05) is 14.2 Å². The summed E-state index contributed by atoms with van der Waals surface area (Å²) in [6.45, 7) is 0. The fraction of sp³-hybridized carbons (Fsp3) is 0.100. The van der Waals surface area contributed by atoms with Crippen LogP contribution in [0.1, 0.15) is 0 Å². The first kappa shape index (κ1) is 17.4.